The third kappa shape index (κ3) is 5.88. The Labute approximate surface area is 221 Å². The van der Waals surface area contributed by atoms with Gasteiger partial charge in [-0.2, -0.15) is 0 Å². The lowest BCUT2D eigenvalue weighted by Gasteiger charge is -2.42. The molecule has 202 valence electrons. The van der Waals surface area contributed by atoms with Crippen molar-refractivity contribution in [1.29, 1.82) is 0 Å². The van der Waals surface area contributed by atoms with Crippen molar-refractivity contribution in [3.63, 3.8) is 0 Å². The maximum absolute atomic E-state index is 13.0. The summed E-state index contributed by atoms with van der Waals surface area (Å²) in [5, 5.41) is 9.35. The second-order valence-corrected chi connectivity index (χ2v) is 11.3. The number of ether oxygens (including phenoxy) is 2. The first-order valence-electron chi connectivity index (χ1n) is 12.6. The first kappa shape index (κ1) is 27.7. The fourth-order valence-corrected chi connectivity index (χ4v) is 5.21. The van der Waals surface area contributed by atoms with Gasteiger partial charge >= 0.3 is 12.3 Å². The van der Waals surface area contributed by atoms with Gasteiger partial charge in [-0.1, -0.05) is 70.2 Å². The summed E-state index contributed by atoms with van der Waals surface area (Å²) in [7, 11) is 0. The number of carbonyl (C=O) groups is 1. The fraction of sp³-hybridized carbons (Fsp3) is 0.387. The third-order valence-corrected chi connectivity index (χ3v) is 7.59. The molecule has 1 aliphatic rings. The molecule has 1 N–H and O–H groups in total. The van der Waals surface area contributed by atoms with E-state index in [1.165, 1.54) is 41.5 Å². The number of alkyl halides is 3. The molecule has 4 rings (SSSR count). The largest absolute Gasteiger partial charge is 0.573 e. The van der Waals surface area contributed by atoms with Gasteiger partial charge in [-0.25, -0.2) is 4.79 Å². The zero-order chi connectivity index (χ0) is 27.9. The van der Waals surface area contributed by atoms with Crippen molar-refractivity contribution in [2.24, 2.45) is 0 Å². The van der Waals surface area contributed by atoms with Crippen LogP contribution in [0.15, 0.2) is 60.7 Å². The molecular formula is C31H33F3O4. The van der Waals surface area contributed by atoms with Crippen LogP contribution in [-0.4, -0.2) is 17.4 Å². The lowest BCUT2D eigenvalue weighted by molar-refractivity contribution is -0.275. The molecule has 0 heterocycles. The number of carboxylic acid groups (broad SMARTS) is 1. The Balaban J connectivity index is 1.79. The van der Waals surface area contributed by atoms with Crippen molar-refractivity contribution in [1.82, 2.24) is 0 Å². The molecule has 0 aliphatic heterocycles. The van der Waals surface area contributed by atoms with E-state index in [2.05, 4.69) is 44.6 Å². The molecule has 0 radical (unpaired) electrons. The average molecular weight is 527 g/mol. The van der Waals surface area contributed by atoms with Crippen molar-refractivity contribution in [2.45, 2.75) is 77.4 Å². The lowest BCUT2D eigenvalue weighted by atomic mass is 9.62. The molecule has 3 aromatic rings. The van der Waals surface area contributed by atoms with Crippen LogP contribution < -0.4 is 4.74 Å². The van der Waals surface area contributed by atoms with Crippen LogP contribution in [0.4, 0.5) is 13.2 Å². The van der Waals surface area contributed by atoms with E-state index in [1.54, 1.807) is 18.2 Å². The maximum atomic E-state index is 13.0. The van der Waals surface area contributed by atoms with Crippen LogP contribution in [0, 0.1) is 6.92 Å². The molecule has 7 heteroatoms. The van der Waals surface area contributed by atoms with Gasteiger partial charge in [0.25, 0.3) is 0 Å². The Bertz CT molecular complexity index is 1320. The van der Waals surface area contributed by atoms with E-state index in [0.717, 1.165) is 24.0 Å². The highest BCUT2D eigenvalue weighted by molar-refractivity contribution is 5.87. The Morgan fingerprint density at radius 3 is 2.11 bits per heavy atom. The summed E-state index contributed by atoms with van der Waals surface area (Å²) < 4.78 is 49.5. The summed E-state index contributed by atoms with van der Waals surface area (Å²) in [5.74, 6) is -1.36. The molecule has 3 aromatic carbocycles. The van der Waals surface area contributed by atoms with Crippen molar-refractivity contribution >= 4 is 5.97 Å². The summed E-state index contributed by atoms with van der Waals surface area (Å²) in [6, 6.07) is 16.7. The number of hydrogen-bond donors (Lipinski definition) is 1. The SMILES string of the molecule is Cc1cc2c(cc1C(OCc1ccccc1OC(F)(F)F)c1ccc(C(=O)O)cc1)C(C)(C)CCC2(C)C. The van der Waals surface area contributed by atoms with E-state index >= 15 is 0 Å². The molecular weight excluding hydrogens is 493 g/mol. The quantitative estimate of drug-likeness (QED) is 0.337. The van der Waals surface area contributed by atoms with Crippen LogP contribution in [0.25, 0.3) is 0 Å². The van der Waals surface area contributed by atoms with E-state index < -0.39 is 18.4 Å². The number of benzene rings is 3. The second-order valence-electron chi connectivity index (χ2n) is 11.3. The minimum atomic E-state index is -4.82. The standard InChI is InChI=1S/C31H33F3O4/c1-19-16-24-25(30(4,5)15-14-29(24,2)3)17-23(19)27(20-10-12-21(13-11-20)28(35)36)37-18-22-8-6-7-9-26(22)38-31(32,33)34/h6-13,16-17,27H,14-15,18H2,1-5H3,(H,35,36). The molecule has 1 unspecified atom stereocenters. The van der Waals surface area contributed by atoms with E-state index in [-0.39, 0.29) is 34.3 Å². The third-order valence-electron chi connectivity index (χ3n) is 7.59. The summed E-state index contributed by atoms with van der Waals surface area (Å²) in [6.45, 7) is 10.8. The molecule has 1 aliphatic carbocycles. The molecule has 0 bridgehead atoms. The number of para-hydroxylation sites is 1. The number of carboxylic acids is 1. The van der Waals surface area contributed by atoms with E-state index in [9.17, 15) is 23.1 Å². The molecule has 0 saturated carbocycles. The summed E-state index contributed by atoms with van der Waals surface area (Å²) in [4.78, 5) is 11.4. The zero-order valence-electron chi connectivity index (χ0n) is 22.3. The Morgan fingerprint density at radius 2 is 1.53 bits per heavy atom. The highest BCUT2D eigenvalue weighted by Gasteiger charge is 2.38. The normalized spacial score (nSPS) is 16.9. The zero-order valence-corrected chi connectivity index (χ0v) is 22.3. The summed E-state index contributed by atoms with van der Waals surface area (Å²) >= 11 is 0. The van der Waals surface area contributed by atoms with Crippen LogP contribution in [0.1, 0.15) is 90.4 Å². The lowest BCUT2D eigenvalue weighted by Crippen LogP contribution is -2.34. The predicted molar refractivity (Wildman–Crippen MR) is 140 cm³/mol. The number of halogens is 3. The number of rotatable bonds is 7. The number of fused-ring (bicyclic) bond motifs is 1. The van der Waals surface area contributed by atoms with Gasteiger partial charge < -0.3 is 14.6 Å². The Hall–Kier alpha value is -3.32. The van der Waals surface area contributed by atoms with Crippen molar-refractivity contribution < 1.29 is 32.5 Å². The molecule has 0 saturated heterocycles. The van der Waals surface area contributed by atoms with Crippen LogP contribution in [-0.2, 0) is 22.2 Å². The minimum Gasteiger partial charge on any atom is -0.478 e. The molecule has 0 spiro atoms. The molecule has 38 heavy (non-hydrogen) atoms. The van der Waals surface area contributed by atoms with Gasteiger partial charge in [0.15, 0.2) is 0 Å². The van der Waals surface area contributed by atoms with Crippen LogP contribution in [0.5, 0.6) is 5.75 Å². The fourth-order valence-electron chi connectivity index (χ4n) is 5.21. The van der Waals surface area contributed by atoms with Gasteiger partial charge in [0.05, 0.1) is 12.2 Å². The highest BCUT2D eigenvalue weighted by atomic mass is 19.4. The van der Waals surface area contributed by atoms with Crippen molar-refractivity contribution in [3.8, 4) is 5.75 Å². The number of aromatic carboxylic acids is 1. The summed E-state index contributed by atoms with van der Waals surface area (Å²) in [6.07, 6.45) is -3.37. The molecule has 4 nitrogen and oxygen atoms in total. The van der Waals surface area contributed by atoms with Crippen LogP contribution in [0.2, 0.25) is 0 Å². The van der Waals surface area contributed by atoms with E-state index in [1.807, 2.05) is 6.92 Å². The van der Waals surface area contributed by atoms with Gasteiger partial charge in [-0.15, -0.1) is 13.2 Å². The van der Waals surface area contributed by atoms with Gasteiger partial charge in [0.2, 0.25) is 0 Å². The average Bonchev–Trinajstić information content (AvgIpc) is 2.83. The Morgan fingerprint density at radius 1 is 0.947 bits per heavy atom. The van der Waals surface area contributed by atoms with Crippen LogP contribution in [0.3, 0.4) is 0 Å². The van der Waals surface area contributed by atoms with Gasteiger partial charge in [-0.3, -0.25) is 0 Å². The monoisotopic (exact) mass is 526 g/mol. The van der Waals surface area contributed by atoms with Gasteiger partial charge in [0.1, 0.15) is 11.9 Å². The van der Waals surface area contributed by atoms with Crippen molar-refractivity contribution in [3.05, 3.63) is 99.6 Å². The van der Waals surface area contributed by atoms with Gasteiger partial charge in [0, 0.05) is 5.56 Å². The number of hydrogen-bond acceptors (Lipinski definition) is 3. The van der Waals surface area contributed by atoms with Crippen LogP contribution >= 0.6 is 0 Å². The first-order chi connectivity index (χ1) is 17.7. The maximum Gasteiger partial charge on any atom is 0.573 e. The van der Waals surface area contributed by atoms with E-state index in [4.69, 9.17) is 4.74 Å². The predicted octanol–water partition coefficient (Wildman–Crippen LogP) is 8.25. The number of aryl methyl sites for hydroxylation is 1. The van der Waals surface area contributed by atoms with Crippen molar-refractivity contribution in [2.75, 3.05) is 0 Å². The molecule has 0 amide bonds. The smallest absolute Gasteiger partial charge is 0.478 e. The van der Waals surface area contributed by atoms with Gasteiger partial charge in [-0.05, 0) is 76.6 Å². The summed E-state index contributed by atoms with van der Waals surface area (Å²) in [5.41, 5.74) is 5.48. The Kier molecular flexibility index (Phi) is 7.36. The van der Waals surface area contributed by atoms with E-state index in [0.29, 0.717) is 5.56 Å². The highest BCUT2D eigenvalue weighted by Crippen LogP contribution is 2.48. The molecule has 1 atom stereocenters. The first-order valence-corrected chi connectivity index (χ1v) is 12.6. The molecule has 0 fully saturated rings. The topological polar surface area (TPSA) is 55.8 Å². The minimum absolute atomic E-state index is 0.0154. The second kappa shape index (κ2) is 10.1. The molecule has 0 aromatic heterocycles.